The zero-order chi connectivity index (χ0) is 13.0. The molecule has 1 aliphatic rings. The zero-order valence-corrected chi connectivity index (χ0v) is 11.0. The third-order valence-corrected chi connectivity index (χ3v) is 3.25. The number of rotatable bonds is 3. The fourth-order valence-corrected chi connectivity index (χ4v) is 2.49. The van der Waals surface area contributed by atoms with Gasteiger partial charge in [0.15, 0.2) is 0 Å². The van der Waals surface area contributed by atoms with Crippen LogP contribution in [-0.4, -0.2) is 32.1 Å². The molecule has 0 aliphatic carbocycles. The molecule has 0 saturated carbocycles. The summed E-state index contributed by atoms with van der Waals surface area (Å²) in [6, 6.07) is 8.25. The van der Waals surface area contributed by atoms with Gasteiger partial charge in [0.2, 0.25) is 5.91 Å². The maximum absolute atomic E-state index is 11.1. The SMILES string of the molecule is COc1ccccc1N1CCCC(NC(C)=O)C1. The number of amides is 1. The van der Waals surface area contributed by atoms with Crippen molar-refractivity contribution in [2.75, 3.05) is 25.1 Å². The second-order valence-corrected chi connectivity index (χ2v) is 4.66. The summed E-state index contributed by atoms with van der Waals surface area (Å²) in [5, 5.41) is 3.00. The molecule has 18 heavy (non-hydrogen) atoms. The number of piperidine rings is 1. The van der Waals surface area contributed by atoms with E-state index in [4.69, 9.17) is 4.74 Å². The Balaban J connectivity index is 2.10. The average molecular weight is 248 g/mol. The highest BCUT2D eigenvalue weighted by molar-refractivity contribution is 5.73. The molecule has 2 rings (SSSR count). The zero-order valence-electron chi connectivity index (χ0n) is 11.0. The Morgan fingerprint density at radius 3 is 2.94 bits per heavy atom. The Morgan fingerprint density at radius 1 is 1.44 bits per heavy atom. The summed E-state index contributed by atoms with van der Waals surface area (Å²) in [6.07, 6.45) is 2.13. The maximum atomic E-state index is 11.1. The number of benzene rings is 1. The van der Waals surface area contributed by atoms with Gasteiger partial charge in [0.05, 0.1) is 12.8 Å². The monoisotopic (exact) mass is 248 g/mol. The van der Waals surface area contributed by atoms with E-state index in [2.05, 4.69) is 16.3 Å². The molecule has 98 valence electrons. The summed E-state index contributed by atoms with van der Waals surface area (Å²) < 4.78 is 5.39. The van der Waals surface area contributed by atoms with E-state index in [1.54, 1.807) is 14.0 Å². The average Bonchev–Trinajstić information content (AvgIpc) is 2.38. The van der Waals surface area contributed by atoms with Crippen LogP contribution in [0.3, 0.4) is 0 Å². The third kappa shape index (κ3) is 2.94. The van der Waals surface area contributed by atoms with Crippen LogP contribution < -0.4 is 15.0 Å². The number of hydrogen-bond acceptors (Lipinski definition) is 3. The first-order chi connectivity index (χ1) is 8.70. The molecule has 0 radical (unpaired) electrons. The summed E-state index contributed by atoms with van der Waals surface area (Å²) in [7, 11) is 1.69. The van der Waals surface area contributed by atoms with E-state index in [1.165, 1.54) is 0 Å². The van der Waals surface area contributed by atoms with Gasteiger partial charge in [-0.1, -0.05) is 12.1 Å². The minimum Gasteiger partial charge on any atom is -0.495 e. The van der Waals surface area contributed by atoms with Crippen LogP contribution in [0.2, 0.25) is 0 Å². The molecule has 1 N–H and O–H groups in total. The molecule has 1 saturated heterocycles. The molecule has 1 amide bonds. The molecule has 4 nitrogen and oxygen atoms in total. The van der Waals surface area contributed by atoms with Crippen LogP contribution in [0.4, 0.5) is 5.69 Å². The Morgan fingerprint density at radius 2 is 2.22 bits per heavy atom. The summed E-state index contributed by atoms with van der Waals surface area (Å²) in [5.41, 5.74) is 1.11. The van der Waals surface area contributed by atoms with E-state index >= 15 is 0 Å². The number of ether oxygens (including phenoxy) is 1. The minimum atomic E-state index is 0.0434. The lowest BCUT2D eigenvalue weighted by atomic mass is 10.0. The number of nitrogens with zero attached hydrogens (tertiary/aromatic N) is 1. The van der Waals surface area contributed by atoms with E-state index in [9.17, 15) is 4.79 Å². The second kappa shape index (κ2) is 5.76. The fraction of sp³-hybridized carbons (Fsp3) is 0.500. The van der Waals surface area contributed by atoms with Crippen LogP contribution in [0, 0.1) is 0 Å². The summed E-state index contributed by atoms with van der Waals surface area (Å²) >= 11 is 0. The molecule has 4 heteroatoms. The van der Waals surface area contributed by atoms with Gasteiger partial charge in [-0.25, -0.2) is 0 Å². The second-order valence-electron chi connectivity index (χ2n) is 4.66. The van der Waals surface area contributed by atoms with E-state index in [0.717, 1.165) is 37.4 Å². The molecule has 0 bridgehead atoms. The topological polar surface area (TPSA) is 41.6 Å². The van der Waals surface area contributed by atoms with Gasteiger partial charge in [0.25, 0.3) is 0 Å². The molecule has 1 aromatic rings. The van der Waals surface area contributed by atoms with Crippen LogP contribution in [0.25, 0.3) is 0 Å². The van der Waals surface area contributed by atoms with Gasteiger partial charge < -0.3 is 15.0 Å². The number of para-hydroxylation sites is 2. The number of anilines is 1. The number of carbonyl (C=O) groups excluding carboxylic acids is 1. The van der Waals surface area contributed by atoms with E-state index < -0.39 is 0 Å². The van der Waals surface area contributed by atoms with E-state index in [1.807, 2.05) is 18.2 Å². The van der Waals surface area contributed by atoms with E-state index in [-0.39, 0.29) is 11.9 Å². The molecular formula is C14H20N2O2. The van der Waals surface area contributed by atoms with Crippen molar-refractivity contribution >= 4 is 11.6 Å². The predicted octanol–water partition coefficient (Wildman–Crippen LogP) is 1.80. The van der Waals surface area contributed by atoms with Crippen LogP contribution in [0.15, 0.2) is 24.3 Å². The van der Waals surface area contributed by atoms with Gasteiger partial charge in [-0.2, -0.15) is 0 Å². The standard InChI is InChI=1S/C14H20N2O2/c1-11(17)15-12-6-5-9-16(10-12)13-7-3-4-8-14(13)18-2/h3-4,7-8,12H,5-6,9-10H2,1-2H3,(H,15,17). The van der Waals surface area contributed by atoms with Crippen molar-refractivity contribution in [3.63, 3.8) is 0 Å². The third-order valence-electron chi connectivity index (χ3n) is 3.25. The molecule has 1 atom stereocenters. The van der Waals surface area contributed by atoms with Gasteiger partial charge in [0.1, 0.15) is 5.75 Å². The van der Waals surface area contributed by atoms with Crippen molar-refractivity contribution in [3.8, 4) is 5.75 Å². The van der Waals surface area contributed by atoms with Crippen molar-refractivity contribution in [2.24, 2.45) is 0 Å². The molecule has 1 aliphatic heterocycles. The van der Waals surface area contributed by atoms with Gasteiger partial charge in [0, 0.05) is 26.1 Å². The normalized spacial score (nSPS) is 19.4. The number of nitrogens with one attached hydrogen (secondary N) is 1. The summed E-state index contributed by atoms with van der Waals surface area (Å²) in [6.45, 7) is 3.43. The van der Waals surface area contributed by atoms with Crippen molar-refractivity contribution in [3.05, 3.63) is 24.3 Å². The van der Waals surface area contributed by atoms with Crippen LogP contribution >= 0.6 is 0 Å². The fourth-order valence-electron chi connectivity index (χ4n) is 2.49. The molecule has 1 aromatic carbocycles. The van der Waals surface area contributed by atoms with Gasteiger partial charge in [-0.3, -0.25) is 4.79 Å². The minimum absolute atomic E-state index is 0.0434. The highest BCUT2D eigenvalue weighted by atomic mass is 16.5. The molecular weight excluding hydrogens is 228 g/mol. The molecule has 1 fully saturated rings. The van der Waals surface area contributed by atoms with Crippen molar-refractivity contribution in [2.45, 2.75) is 25.8 Å². The first-order valence-corrected chi connectivity index (χ1v) is 6.36. The first-order valence-electron chi connectivity index (χ1n) is 6.36. The Kier molecular flexibility index (Phi) is 4.07. The number of methoxy groups -OCH3 is 1. The predicted molar refractivity (Wildman–Crippen MR) is 72.0 cm³/mol. The van der Waals surface area contributed by atoms with Crippen molar-refractivity contribution in [1.29, 1.82) is 0 Å². The van der Waals surface area contributed by atoms with Crippen LogP contribution in [0.1, 0.15) is 19.8 Å². The molecule has 0 aromatic heterocycles. The molecule has 1 unspecified atom stereocenters. The highest BCUT2D eigenvalue weighted by Gasteiger charge is 2.22. The highest BCUT2D eigenvalue weighted by Crippen LogP contribution is 2.29. The number of hydrogen-bond donors (Lipinski definition) is 1. The summed E-state index contributed by atoms with van der Waals surface area (Å²) in [5.74, 6) is 0.933. The molecule has 1 heterocycles. The first kappa shape index (κ1) is 12.7. The van der Waals surface area contributed by atoms with Crippen LogP contribution in [0.5, 0.6) is 5.75 Å². The lowest BCUT2D eigenvalue weighted by Gasteiger charge is -2.35. The Labute approximate surface area is 108 Å². The van der Waals surface area contributed by atoms with Gasteiger partial charge in [-0.05, 0) is 25.0 Å². The lowest BCUT2D eigenvalue weighted by molar-refractivity contribution is -0.119. The Hall–Kier alpha value is -1.71. The quantitative estimate of drug-likeness (QED) is 0.887. The summed E-state index contributed by atoms with van der Waals surface area (Å²) in [4.78, 5) is 13.4. The Bertz CT molecular complexity index is 420. The number of carbonyl (C=O) groups is 1. The van der Waals surface area contributed by atoms with E-state index in [0.29, 0.717) is 0 Å². The van der Waals surface area contributed by atoms with Crippen LogP contribution in [-0.2, 0) is 4.79 Å². The largest absolute Gasteiger partial charge is 0.495 e. The van der Waals surface area contributed by atoms with Gasteiger partial charge in [-0.15, -0.1) is 0 Å². The van der Waals surface area contributed by atoms with Gasteiger partial charge >= 0.3 is 0 Å². The van der Waals surface area contributed by atoms with Crippen molar-refractivity contribution in [1.82, 2.24) is 5.32 Å². The molecule has 0 spiro atoms. The van der Waals surface area contributed by atoms with Crippen molar-refractivity contribution < 1.29 is 9.53 Å². The maximum Gasteiger partial charge on any atom is 0.217 e. The lowest BCUT2D eigenvalue weighted by Crippen LogP contribution is -2.47. The smallest absolute Gasteiger partial charge is 0.217 e.